The first-order chi connectivity index (χ1) is 10.6. The number of fused-ring (bicyclic) bond motifs is 1. The van der Waals surface area contributed by atoms with Gasteiger partial charge in [0.25, 0.3) is 0 Å². The van der Waals surface area contributed by atoms with E-state index >= 15 is 0 Å². The van der Waals surface area contributed by atoms with Gasteiger partial charge in [-0.3, -0.25) is 14.9 Å². The fraction of sp³-hybridized carbons (Fsp3) is 0.312. The minimum Gasteiger partial charge on any atom is -0.273 e. The van der Waals surface area contributed by atoms with E-state index in [9.17, 15) is 4.79 Å². The van der Waals surface area contributed by atoms with Crippen LogP contribution in [0.25, 0.3) is 11.0 Å². The first-order valence-corrected chi connectivity index (χ1v) is 7.27. The van der Waals surface area contributed by atoms with Crippen LogP contribution in [-0.2, 0) is 18.3 Å². The van der Waals surface area contributed by atoms with Gasteiger partial charge in [0, 0.05) is 19.2 Å². The molecule has 6 heteroatoms. The largest absolute Gasteiger partial charge is 0.273 e. The van der Waals surface area contributed by atoms with Crippen LogP contribution in [0.15, 0.2) is 30.6 Å². The molecular weight excluding hydrogens is 278 g/mol. The molecule has 0 radical (unpaired) electrons. The number of nitrogens with one attached hydrogen (secondary N) is 1. The molecule has 6 nitrogen and oxygen atoms in total. The minimum atomic E-state index is -0.0363. The van der Waals surface area contributed by atoms with Gasteiger partial charge in [-0.1, -0.05) is 12.1 Å². The molecule has 0 saturated carbocycles. The highest BCUT2D eigenvalue weighted by atomic mass is 16.2. The number of amides is 1. The number of imidazole rings is 1. The van der Waals surface area contributed by atoms with Crippen LogP contribution in [0, 0.1) is 13.8 Å². The number of rotatable bonds is 4. The number of hydrogen-bond acceptors (Lipinski definition) is 3. The third-order valence-corrected chi connectivity index (χ3v) is 3.96. The second kappa shape index (κ2) is 5.63. The Hall–Kier alpha value is -2.63. The molecule has 0 aliphatic rings. The van der Waals surface area contributed by atoms with E-state index in [1.807, 2.05) is 49.8 Å². The van der Waals surface area contributed by atoms with E-state index < -0.39 is 0 Å². The molecule has 1 amide bonds. The standard InChI is InChI=1S/C16H19N5O/c1-11-13(12(2)20(3)18-11)8-9-16(22)19-21-10-17-14-6-4-5-7-15(14)21/h4-7,10H,8-9H2,1-3H3,(H,19,22). The van der Waals surface area contributed by atoms with Gasteiger partial charge in [0.1, 0.15) is 6.33 Å². The summed E-state index contributed by atoms with van der Waals surface area (Å²) in [5, 5.41) is 4.37. The van der Waals surface area contributed by atoms with E-state index in [1.165, 1.54) is 0 Å². The lowest BCUT2D eigenvalue weighted by atomic mass is 10.1. The molecule has 1 aromatic carbocycles. The number of carbonyl (C=O) groups excluding carboxylic acids is 1. The Bertz CT molecular complexity index is 830. The van der Waals surface area contributed by atoms with Gasteiger partial charge in [-0.15, -0.1) is 0 Å². The molecule has 0 atom stereocenters. The summed E-state index contributed by atoms with van der Waals surface area (Å²) in [6.45, 7) is 4.00. The predicted molar refractivity (Wildman–Crippen MR) is 85.1 cm³/mol. The molecule has 0 aliphatic heterocycles. The van der Waals surface area contributed by atoms with E-state index in [2.05, 4.69) is 15.5 Å². The molecule has 0 saturated heterocycles. The third-order valence-electron chi connectivity index (χ3n) is 3.96. The summed E-state index contributed by atoms with van der Waals surface area (Å²) in [6, 6.07) is 7.70. The van der Waals surface area contributed by atoms with Crippen molar-refractivity contribution in [2.75, 3.05) is 5.43 Å². The SMILES string of the molecule is Cc1nn(C)c(C)c1CCC(=O)Nn1cnc2ccccc21. The van der Waals surface area contributed by atoms with Gasteiger partial charge >= 0.3 is 0 Å². The Morgan fingerprint density at radius 3 is 2.77 bits per heavy atom. The summed E-state index contributed by atoms with van der Waals surface area (Å²) in [6.07, 6.45) is 2.73. The first-order valence-electron chi connectivity index (χ1n) is 7.27. The number of carbonyl (C=O) groups is 1. The fourth-order valence-corrected chi connectivity index (χ4v) is 2.66. The average Bonchev–Trinajstić information content (AvgIpc) is 3.00. The molecule has 114 valence electrons. The molecule has 0 spiro atoms. The second-order valence-corrected chi connectivity index (χ2v) is 5.41. The highest BCUT2D eigenvalue weighted by molar-refractivity contribution is 5.86. The zero-order valence-corrected chi connectivity index (χ0v) is 13.0. The van der Waals surface area contributed by atoms with Crippen molar-refractivity contribution in [2.45, 2.75) is 26.7 Å². The molecular formula is C16H19N5O. The van der Waals surface area contributed by atoms with Gasteiger partial charge in [-0.05, 0) is 38.0 Å². The molecule has 3 rings (SSSR count). The maximum Gasteiger partial charge on any atom is 0.239 e. The van der Waals surface area contributed by atoms with E-state index in [-0.39, 0.29) is 5.91 Å². The topological polar surface area (TPSA) is 64.7 Å². The van der Waals surface area contributed by atoms with Gasteiger partial charge in [-0.25, -0.2) is 9.66 Å². The Morgan fingerprint density at radius 1 is 1.27 bits per heavy atom. The zero-order valence-electron chi connectivity index (χ0n) is 13.0. The lowest BCUT2D eigenvalue weighted by Crippen LogP contribution is -2.22. The van der Waals surface area contributed by atoms with Crippen molar-refractivity contribution in [1.82, 2.24) is 19.4 Å². The van der Waals surface area contributed by atoms with Gasteiger partial charge in [0.15, 0.2) is 0 Å². The average molecular weight is 297 g/mol. The molecule has 0 bridgehead atoms. The molecule has 0 aliphatic carbocycles. The van der Waals surface area contributed by atoms with Crippen LogP contribution in [0.5, 0.6) is 0 Å². The molecule has 2 aromatic heterocycles. The highest BCUT2D eigenvalue weighted by Gasteiger charge is 2.12. The maximum atomic E-state index is 12.2. The number of benzene rings is 1. The van der Waals surface area contributed by atoms with Crippen molar-refractivity contribution < 1.29 is 4.79 Å². The highest BCUT2D eigenvalue weighted by Crippen LogP contribution is 2.14. The van der Waals surface area contributed by atoms with Crippen LogP contribution in [0.3, 0.4) is 0 Å². The smallest absolute Gasteiger partial charge is 0.239 e. The monoisotopic (exact) mass is 297 g/mol. The van der Waals surface area contributed by atoms with Crippen LogP contribution in [0.4, 0.5) is 0 Å². The van der Waals surface area contributed by atoms with Crippen molar-refractivity contribution in [3.8, 4) is 0 Å². The van der Waals surface area contributed by atoms with Crippen LogP contribution in [0.1, 0.15) is 23.4 Å². The van der Waals surface area contributed by atoms with Crippen LogP contribution < -0.4 is 5.43 Å². The molecule has 22 heavy (non-hydrogen) atoms. The Balaban J connectivity index is 1.68. The van der Waals surface area contributed by atoms with Crippen molar-refractivity contribution in [1.29, 1.82) is 0 Å². The van der Waals surface area contributed by atoms with E-state index in [1.54, 1.807) is 11.0 Å². The van der Waals surface area contributed by atoms with Gasteiger partial charge in [-0.2, -0.15) is 5.10 Å². The van der Waals surface area contributed by atoms with Crippen LogP contribution in [0.2, 0.25) is 0 Å². The summed E-state index contributed by atoms with van der Waals surface area (Å²) in [7, 11) is 1.92. The molecule has 3 aromatic rings. The summed E-state index contributed by atoms with van der Waals surface area (Å²) in [4.78, 5) is 16.4. The van der Waals surface area contributed by atoms with Gasteiger partial charge < -0.3 is 0 Å². The lowest BCUT2D eigenvalue weighted by molar-refractivity contribution is -0.117. The zero-order chi connectivity index (χ0) is 15.7. The molecule has 0 fully saturated rings. The fourth-order valence-electron chi connectivity index (χ4n) is 2.66. The van der Waals surface area contributed by atoms with E-state index in [4.69, 9.17) is 0 Å². The second-order valence-electron chi connectivity index (χ2n) is 5.41. The van der Waals surface area contributed by atoms with E-state index in [0.717, 1.165) is 28.0 Å². The first kappa shape index (κ1) is 14.3. The third kappa shape index (κ3) is 2.59. The Morgan fingerprint density at radius 2 is 2.05 bits per heavy atom. The molecule has 0 unspecified atom stereocenters. The number of aromatic nitrogens is 4. The summed E-state index contributed by atoms with van der Waals surface area (Å²) in [5.74, 6) is -0.0363. The van der Waals surface area contributed by atoms with Crippen molar-refractivity contribution in [3.05, 3.63) is 47.5 Å². The van der Waals surface area contributed by atoms with E-state index in [0.29, 0.717) is 12.8 Å². The number of hydrogen-bond donors (Lipinski definition) is 1. The van der Waals surface area contributed by atoms with Crippen molar-refractivity contribution in [2.24, 2.45) is 7.05 Å². The van der Waals surface area contributed by atoms with Gasteiger partial charge in [0.05, 0.1) is 16.7 Å². The normalized spacial score (nSPS) is 11.0. The molecule has 2 heterocycles. The quantitative estimate of drug-likeness (QED) is 0.802. The van der Waals surface area contributed by atoms with Gasteiger partial charge in [0.2, 0.25) is 5.91 Å². The summed E-state index contributed by atoms with van der Waals surface area (Å²) >= 11 is 0. The van der Waals surface area contributed by atoms with Crippen molar-refractivity contribution in [3.63, 3.8) is 0 Å². The predicted octanol–water partition coefficient (Wildman–Crippen LogP) is 2.09. The van der Waals surface area contributed by atoms with Crippen molar-refractivity contribution >= 4 is 16.9 Å². The Labute approximate surface area is 128 Å². The number of nitrogens with zero attached hydrogens (tertiary/aromatic N) is 4. The van der Waals surface area contributed by atoms with Crippen LogP contribution in [-0.4, -0.2) is 25.3 Å². The summed E-state index contributed by atoms with van der Waals surface area (Å²) in [5.41, 5.74) is 7.87. The number of aryl methyl sites for hydroxylation is 2. The van der Waals surface area contributed by atoms with Crippen LogP contribution >= 0.6 is 0 Å². The maximum absolute atomic E-state index is 12.2. The number of para-hydroxylation sites is 2. The molecule has 1 N–H and O–H groups in total. The summed E-state index contributed by atoms with van der Waals surface area (Å²) < 4.78 is 3.52. The lowest BCUT2D eigenvalue weighted by Gasteiger charge is -2.07. The minimum absolute atomic E-state index is 0.0363. The Kier molecular flexibility index (Phi) is 3.66.